The lowest BCUT2D eigenvalue weighted by Gasteiger charge is -2.17. The van der Waals surface area contributed by atoms with Crippen LogP contribution in [0.1, 0.15) is 31.7 Å². The van der Waals surface area contributed by atoms with Crippen LogP contribution < -0.4 is 10.8 Å². The van der Waals surface area contributed by atoms with Gasteiger partial charge in [-0.05, 0) is 31.7 Å². The van der Waals surface area contributed by atoms with E-state index >= 15 is 0 Å². The van der Waals surface area contributed by atoms with E-state index in [9.17, 15) is 4.79 Å². The predicted molar refractivity (Wildman–Crippen MR) is 71.1 cm³/mol. The summed E-state index contributed by atoms with van der Waals surface area (Å²) in [4.78, 5) is 17.0. The lowest BCUT2D eigenvalue weighted by molar-refractivity contribution is -0.0468. The monoisotopic (exact) mass is 264 g/mol. The van der Waals surface area contributed by atoms with Gasteiger partial charge >= 0.3 is 6.09 Å². The Kier molecular flexibility index (Phi) is 5.18. The molecule has 2 rings (SSSR count). The summed E-state index contributed by atoms with van der Waals surface area (Å²) in [6.45, 7) is 2.32. The van der Waals surface area contributed by atoms with Crippen molar-refractivity contribution in [2.75, 3.05) is 0 Å². The van der Waals surface area contributed by atoms with Crippen molar-refractivity contribution in [1.82, 2.24) is 10.8 Å². The summed E-state index contributed by atoms with van der Waals surface area (Å²) in [6, 6.07) is 9.90. The highest BCUT2D eigenvalue weighted by Gasteiger charge is 2.18. The van der Waals surface area contributed by atoms with Crippen molar-refractivity contribution >= 4 is 6.09 Å². The van der Waals surface area contributed by atoms with Crippen LogP contribution in [0.4, 0.5) is 4.79 Å². The van der Waals surface area contributed by atoms with Crippen molar-refractivity contribution in [2.45, 2.75) is 45.1 Å². The van der Waals surface area contributed by atoms with Crippen molar-refractivity contribution < 1.29 is 14.4 Å². The van der Waals surface area contributed by atoms with Gasteiger partial charge in [0.05, 0.1) is 0 Å². The lowest BCUT2D eigenvalue weighted by Crippen LogP contribution is -2.40. The molecule has 1 amide bonds. The van der Waals surface area contributed by atoms with Crippen LogP contribution in [0.25, 0.3) is 0 Å². The minimum atomic E-state index is -0.454. The first-order valence-corrected chi connectivity index (χ1v) is 6.62. The second-order valence-electron chi connectivity index (χ2n) is 4.76. The largest absolute Gasteiger partial charge is 0.445 e. The number of hydrogen-bond acceptors (Lipinski definition) is 4. The maximum absolute atomic E-state index is 11.6. The van der Waals surface area contributed by atoms with Gasteiger partial charge in [0.1, 0.15) is 6.61 Å². The van der Waals surface area contributed by atoms with E-state index < -0.39 is 6.09 Å². The van der Waals surface area contributed by atoms with Gasteiger partial charge in [0.2, 0.25) is 0 Å². The van der Waals surface area contributed by atoms with Gasteiger partial charge in [-0.2, -0.15) is 5.48 Å². The molecule has 1 aromatic rings. The molecule has 1 heterocycles. The molecule has 0 aliphatic carbocycles. The van der Waals surface area contributed by atoms with E-state index in [1.165, 1.54) is 0 Å². The Morgan fingerprint density at radius 2 is 2.21 bits per heavy atom. The quantitative estimate of drug-likeness (QED) is 0.879. The highest BCUT2D eigenvalue weighted by atomic mass is 16.7. The first-order chi connectivity index (χ1) is 9.24. The van der Waals surface area contributed by atoms with Gasteiger partial charge in [-0.3, -0.25) is 10.2 Å². The predicted octanol–water partition coefficient (Wildman–Crippen LogP) is 2.33. The molecule has 1 aliphatic rings. The van der Waals surface area contributed by atoms with Crippen LogP contribution in [0.3, 0.4) is 0 Å². The van der Waals surface area contributed by atoms with Crippen LogP contribution in [0.2, 0.25) is 0 Å². The fourth-order valence-corrected chi connectivity index (χ4v) is 1.92. The molecule has 1 aromatic carbocycles. The number of carbonyl (C=O) groups excluding carboxylic acids is 1. The molecule has 1 saturated heterocycles. The number of rotatable bonds is 3. The number of hydroxylamine groups is 1. The molecule has 1 aliphatic heterocycles. The van der Waals surface area contributed by atoms with Crippen LogP contribution in [-0.2, 0) is 16.2 Å². The molecular formula is C14H20N2O3. The summed E-state index contributed by atoms with van der Waals surface area (Å²) < 4.78 is 5.14. The van der Waals surface area contributed by atoms with Gasteiger partial charge in [-0.15, -0.1) is 0 Å². The van der Waals surface area contributed by atoms with Crippen LogP contribution in [0, 0.1) is 0 Å². The van der Waals surface area contributed by atoms with Gasteiger partial charge < -0.3 is 4.74 Å². The molecule has 5 heteroatoms. The van der Waals surface area contributed by atoms with Crippen molar-refractivity contribution in [2.24, 2.45) is 0 Å². The fourth-order valence-electron chi connectivity index (χ4n) is 1.92. The van der Waals surface area contributed by atoms with Crippen LogP contribution in [0.5, 0.6) is 0 Å². The molecule has 0 bridgehead atoms. The average Bonchev–Trinajstić information content (AvgIpc) is 2.63. The normalized spacial score (nSPS) is 23.4. The van der Waals surface area contributed by atoms with E-state index in [0.29, 0.717) is 6.04 Å². The summed E-state index contributed by atoms with van der Waals surface area (Å²) in [6.07, 6.45) is 2.06. The topological polar surface area (TPSA) is 59.6 Å². The summed E-state index contributed by atoms with van der Waals surface area (Å²) >= 11 is 0. The molecule has 0 radical (unpaired) electrons. The average molecular weight is 264 g/mol. The van der Waals surface area contributed by atoms with Crippen molar-refractivity contribution in [3.63, 3.8) is 0 Å². The van der Waals surface area contributed by atoms with Crippen molar-refractivity contribution in [3.05, 3.63) is 35.9 Å². The third-order valence-electron chi connectivity index (χ3n) is 3.01. The molecule has 0 saturated carbocycles. The molecule has 104 valence electrons. The maximum Gasteiger partial charge on any atom is 0.409 e. The van der Waals surface area contributed by atoms with Gasteiger partial charge in [-0.25, -0.2) is 4.79 Å². The third-order valence-corrected chi connectivity index (χ3v) is 3.01. The third kappa shape index (κ3) is 4.89. The first-order valence-electron chi connectivity index (χ1n) is 6.62. The smallest absolute Gasteiger partial charge is 0.409 e. The van der Waals surface area contributed by atoms with Gasteiger partial charge in [-0.1, -0.05) is 30.3 Å². The summed E-state index contributed by atoms with van der Waals surface area (Å²) in [5.74, 6) is 0. The molecule has 2 N–H and O–H groups in total. The SMILES string of the molecule is C[C@@H]1CCC[C@@H](NC(=O)OCc2ccccc2)ON1. The Balaban J connectivity index is 1.72. The Labute approximate surface area is 113 Å². The molecule has 1 fully saturated rings. The highest BCUT2D eigenvalue weighted by Crippen LogP contribution is 2.10. The van der Waals surface area contributed by atoms with Crippen molar-refractivity contribution in [3.8, 4) is 0 Å². The van der Waals surface area contributed by atoms with Gasteiger partial charge in [0.25, 0.3) is 0 Å². The molecule has 2 atom stereocenters. The zero-order chi connectivity index (χ0) is 13.5. The molecule has 5 nitrogen and oxygen atoms in total. The Hall–Kier alpha value is -1.59. The number of alkyl carbamates (subject to hydrolysis) is 1. The summed E-state index contributed by atoms with van der Waals surface area (Å²) in [5.41, 5.74) is 3.87. The van der Waals surface area contributed by atoms with Crippen LogP contribution in [0.15, 0.2) is 30.3 Å². The number of ether oxygens (including phenoxy) is 1. The number of nitrogens with one attached hydrogen (secondary N) is 2. The number of benzene rings is 1. The number of carbonyl (C=O) groups is 1. The molecular weight excluding hydrogens is 244 g/mol. The zero-order valence-electron chi connectivity index (χ0n) is 11.1. The van der Waals surface area contributed by atoms with Crippen LogP contribution >= 0.6 is 0 Å². The van der Waals surface area contributed by atoms with E-state index in [2.05, 4.69) is 17.7 Å². The molecule has 0 unspecified atom stereocenters. The molecule has 19 heavy (non-hydrogen) atoms. The maximum atomic E-state index is 11.6. The van der Waals surface area contributed by atoms with Gasteiger partial charge in [0, 0.05) is 6.04 Å². The van der Waals surface area contributed by atoms with E-state index in [4.69, 9.17) is 9.57 Å². The fraction of sp³-hybridized carbons (Fsp3) is 0.500. The van der Waals surface area contributed by atoms with E-state index in [0.717, 1.165) is 24.8 Å². The minimum absolute atomic E-state index is 0.267. The van der Waals surface area contributed by atoms with E-state index in [1.54, 1.807) is 0 Å². The summed E-state index contributed by atoms with van der Waals surface area (Å²) in [7, 11) is 0. The first kappa shape index (κ1) is 13.8. The Morgan fingerprint density at radius 1 is 1.42 bits per heavy atom. The zero-order valence-corrected chi connectivity index (χ0v) is 11.1. The second kappa shape index (κ2) is 7.11. The molecule has 0 aromatic heterocycles. The van der Waals surface area contributed by atoms with Crippen molar-refractivity contribution in [1.29, 1.82) is 0 Å². The minimum Gasteiger partial charge on any atom is -0.445 e. The van der Waals surface area contributed by atoms with Gasteiger partial charge in [0.15, 0.2) is 6.23 Å². The van der Waals surface area contributed by atoms with Crippen LogP contribution in [-0.4, -0.2) is 18.4 Å². The highest BCUT2D eigenvalue weighted by molar-refractivity contribution is 5.67. The summed E-state index contributed by atoms with van der Waals surface area (Å²) in [5, 5.41) is 2.70. The second-order valence-corrected chi connectivity index (χ2v) is 4.76. The number of amides is 1. The number of hydrogen-bond donors (Lipinski definition) is 2. The van der Waals surface area contributed by atoms with E-state index in [-0.39, 0.29) is 12.8 Å². The Bertz CT molecular complexity index is 397. The Morgan fingerprint density at radius 3 is 3.00 bits per heavy atom. The molecule has 0 spiro atoms. The lowest BCUT2D eigenvalue weighted by atomic mass is 10.1. The van der Waals surface area contributed by atoms with E-state index in [1.807, 2.05) is 30.3 Å². The standard InChI is InChI=1S/C14H20N2O3/c1-11-6-5-9-13(19-16-11)15-14(17)18-10-12-7-3-2-4-8-12/h2-4,7-8,11,13,16H,5-6,9-10H2,1H3,(H,15,17)/t11-,13+/m1/s1.